The SMILES string of the molecule is O=C(O)C1OC(OCC2OC(O)C(OCc3ccccc3)C(OCc3ccccc3)C2OCc2ccccc2)C(OCc2ccccc2)C(OCc2ccccc2)C1OCc1ccccc1. The van der Waals surface area contributed by atoms with Gasteiger partial charge in [-0.2, -0.15) is 0 Å². The Morgan fingerprint density at radius 3 is 1.05 bits per heavy atom. The van der Waals surface area contributed by atoms with E-state index in [4.69, 9.17) is 42.6 Å². The standard InChI is InChI=1S/C54H56O12/c55-52(56)49-47(60-33-40-23-11-3-12-24-40)48(61-34-41-25-13-4-14-26-41)51(63-36-43-29-17-6-18-30-43)54(66-49)64-37-44-45(58-31-38-19-7-1-8-20-38)46(59-32-39-21-9-2-10-22-39)50(53(57)65-44)62-35-42-27-15-5-16-28-42/h1-30,44-51,53-54,57H,31-37H2,(H,55,56). The van der Waals surface area contributed by atoms with Gasteiger partial charge in [0.2, 0.25) is 0 Å². The third kappa shape index (κ3) is 13.1. The van der Waals surface area contributed by atoms with E-state index in [2.05, 4.69) is 0 Å². The molecule has 2 aliphatic rings. The number of rotatable bonds is 22. The molecule has 12 nitrogen and oxygen atoms in total. The molecule has 0 amide bonds. The normalized spacial score (nSPS) is 25.3. The van der Waals surface area contributed by atoms with Gasteiger partial charge in [0.1, 0.15) is 42.7 Å². The Morgan fingerprint density at radius 1 is 0.379 bits per heavy atom. The lowest BCUT2D eigenvalue weighted by molar-refractivity contribution is -0.344. The summed E-state index contributed by atoms with van der Waals surface area (Å²) in [6.07, 6.45) is -11.2. The summed E-state index contributed by atoms with van der Waals surface area (Å²) in [6.45, 7) is 0.642. The molecular weight excluding hydrogens is 841 g/mol. The van der Waals surface area contributed by atoms with E-state index in [1.807, 2.05) is 182 Å². The molecule has 2 saturated heterocycles. The van der Waals surface area contributed by atoms with Crippen LogP contribution in [0.2, 0.25) is 0 Å². The average Bonchev–Trinajstić information content (AvgIpc) is 3.36. The van der Waals surface area contributed by atoms with Crippen molar-refractivity contribution in [3.05, 3.63) is 215 Å². The van der Waals surface area contributed by atoms with Crippen LogP contribution in [-0.4, -0.2) is 84.2 Å². The lowest BCUT2D eigenvalue weighted by Gasteiger charge is -2.46. The molecule has 2 heterocycles. The smallest absolute Gasteiger partial charge is 0.335 e. The van der Waals surface area contributed by atoms with Crippen LogP contribution in [0.25, 0.3) is 0 Å². The number of carboxylic acid groups (broad SMARTS) is 1. The molecule has 0 saturated carbocycles. The van der Waals surface area contributed by atoms with E-state index in [0.29, 0.717) is 0 Å². The fraction of sp³-hybridized carbons (Fsp3) is 0.315. The number of carbonyl (C=O) groups is 1. The van der Waals surface area contributed by atoms with Crippen LogP contribution in [0, 0.1) is 0 Å². The van der Waals surface area contributed by atoms with E-state index in [-0.39, 0.29) is 46.2 Å². The third-order valence-electron chi connectivity index (χ3n) is 11.5. The molecule has 0 spiro atoms. The summed E-state index contributed by atoms with van der Waals surface area (Å²) in [5.41, 5.74) is 5.29. The highest BCUT2D eigenvalue weighted by Gasteiger charge is 2.53. The first kappa shape index (κ1) is 46.9. The van der Waals surface area contributed by atoms with Gasteiger partial charge in [-0.3, -0.25) is 0 Å². The van der Waals surface area contributed by atoms with Gasteiger partial charge in [0.25, 0.3) is 0 Å². The summed E-state index contributed by atoms with van der Waals surface area (Å²) >= 11 is 0. The van der Waals surface area contributed by atoms with Crippen molar-refractivity contribution >= 4 is 5.97 Å². The van der Waals surface area contributed by atoms with Crippen LogP contribution in [0.4, 0.5) is 0 Å². The van der Waals surface area contributed by atoms with Crippen LogP contribution >= 0.6 is 0 Å². The second-order valence-electron chi connectivity index (χ2n) is 16.2. The molecule has 66 heavy (non-hydrogen) atoms. The molecule has 0 aromatic heterocycles. The van der Waals surface area contributed by atoms with Gasteiger partial charge in [-0.15, -0.1) is 0 Å². The van der Waals surface area contributed by atoms with E-state index in [0.717, 1.165) is 33.4 Å². The van der Waals surface area contributed by atoms with E-state index in [9.17, 15) is 15.0 Å². The van der Waals surface area contributed by atoms with Crippen molar-refractivity contribution < 1.29 is 57.6 Å². The Bertz CT molecular complexity index is 2290. The van der Waals surface area contributed by atoms with Crippen LogP contribution in [0.1, 0.15) is 33.4 Å². The zero-order chi connectivity index (χ0) is 45.3. The van der Waals surface area contributed by atoms with E-state index < -0.39 is 67.4 Å². The van der Waals surface area contributed by atoms with Gasteiger partial charge < -0.3 is 52.8 Å². The Balaban J connectivity index is 1.10. The zero-order valence-electron chi connectivity index (χ0n) is 36.5. The highest BCUT2D eigenvalue weighted by atomic mass is 16.7. The van der Waals surface area contributed by atoms with Crippen molar-refractivity contribution in [1.29, 1.82) is 0 Å². The number of carboxylic acids is 1. The Morgan fingerprint density at radius 2 is 0.682 bits per heavy atom. The first-order valence-electron chi connectivity index (χ1n) is 22.2. The van der Waals surface area contributed by atoms with Crippen molar-refractivity contribution in [2.45, 2.75) is 101 Å². The number of benzene rings is 6. The molecule has 0 bridgehead atoms. The molecule has 0 aliphatic carbocycles. The van der Waals surface area contributed by atoms with Crippen molar-refractivity contribution in [2.24, 2.45) is 0 Å². The lowest BCUT2D eigenvalue weighted by Crippen LogP contribution is -2.64. The van der Waals surface area contributed by atoms with Crippen molar-refractivity contribution in [3.63, 3.8) is 0 Å². The Labute approximate surface area is 385 Å². The number of aliphatic hydroxyl groups is 1. The Hall–Kier alpha value is -5.61. The van der Waals surface area contributed by atoms with Crippen molar-refractivity contribution in [3.8, 4) is 0 Å². The first-order valence-corrected chi connectivity index (χ1v) is 22.2. The van der Waals surface area contributed by atoms with E-state index in [1.165, 1.54) is 0 Å². The van der Waals surface area contributed by atoms with Crippen LogP contribution in [0.5, 0.6) is 0 Å². The molecular formula is C54H56O12. The van der Waals surface area contributed by atoms with Gasteiger partial charge >= 0.3 is 5.97 Å². The predicted octanol–water partition coefficient (Wildman–Crippen LogP) is 8.04. The second-order valence-corrected chi connectivity index (χ2v) is 16.2. The number of hydrogen-bond donors (Lipinski definition) is 2. The minimum absolute atomic E-state index is 0.0902. The molecule has 8 rings (SSSR count). The van der Waals surface area contributed by atoms with E-state index in [1.54, 1.807) is 0 Å². The van der Waals surface area contributed by atoms with Crippen LogP contribution in [0.15, 0.2) is 182 Å². The highest BCUT2D eigenvalue weighted by molar-refractivity contribution is 5.73. The second kappa shape index (κ2) is 24.2. The molecule has 2 aliphatic heterocycles. The number of aliphatic carboxylic acids is 1. The fourth-order valence-corrected chi connectivity index (χ4v) is 8.08. The molecule has 0 radical (unpaired) electrons. The summed E-state index contributed by atoms with van der Waals surface area (Å²) in [5.74, 6) is -1.27. The highest BCUT2D eigenvalue weighted by Crippen LogP contribution is 2.34. The van der Waals surface area contributed by atoms with Crippen molar-refractivity contribution in [1.82, 2.24) is 0 Å². The van der Waals surface area contributed by atoms with Crippen molar-refractivity contribution in [2.75, 3.05) is 6.61 Å². The lowest BCUT2D eigenvalue weighted by atomic mass is 9.96. The molecule has 12 heteroatoms. The molecule has 10 atom stereocenters. The maximum Gasteiger partial charge on any atom is 0.335 e. The number of aliphatic hydroxyl groups excluding tert-OH is 1. The third-order valence-corrected chi connectivity index (χ3v) is 11.5. The maximum atomic E-state index is 13.2. The molecule has 2 fully saturated rings. The molecule has 344 valence electrons. The zero-order valence-corrected chi connectivity index (χ0v) is 36.5. The largest absolute Gasteiger partial charge is 0.479 e. The minimum Gasteiger partial charge on any atom is -0.479 e. The van der Waals surface area contributed by atoms with Crippen LogP contribution in [-0.2, 0) is 87.1 Å². The molecule has 6 aromatic carbocycles. The van der Waals surface area contributed by atoms with Gasteiger partial charge in [0.15, 0.2) is 18.7 Å². The molecule has 2 N–H and O–H groups in total. The van der Waals surface area contributed by atoms with E-state index >= 15 is 0 Å². The average molecular weight is 897 g/mol. The van der Waals surface area contributed by atoms with Gasteiger partial charge in [-0.25, -0.2) is 4.79 Å². The molecule has 6 aromatic rings. The van der Waals surface area contributed by atoms with Gasteiger partial charge in [-0.05, 0) is 33.4 Å². The summed E-state index contributed by atoms with van der Waals surface area (Å²) < 4.78 is 59.0. The van der Waals surface area contributed by atoms with Crippen LogP contribution in [0.3, 0.4) is 0 Å². The summed E-state index contributed by atoms with van der Waals surface area (Å²) in [5, 5.41) is 22.6. The predicted molar refractivity (Wildman–Crippen MR) is 243 cm³/mol. The number of hydrogen-bond acceptors (Lipinski definition) is 11. The molecule has 10 unspecified atom stereocenters. The van der Waals surface area contributed by atoms with Gasteiger partial charge in [0.05, 0.1) is 46.2 Å². The van der Waals surface area contributed by atoms with Gasteiger partial charge in [0, 0.05) is 0 Å². The van der Waals surface area contributed by atoms with Crippen LogP contribution < -0.4 is 0 Å². The summed E-state index contributed by atoms with van der Waals surface area (Å²) in [6, 6.07) is 57.7. The Kier molecular flexibility index (Phi) is 17.2. The summed E-state index contributed by atoms with van der Waals surface area (Å²) in [7, 11) is 0. The van der Waals surface area contributed by atoms with Gasteiger partial charge in [-0.1, -0.05) is 182 Å². The number of ether oxygens (including phenoxy) is 9. The first-order chi connectivity index (χ1) is 32.5. The topological polar surface area (TPSA) is 141 Å². The fourth-order valence-electron chi connectivity index (χ4n) is 8.08. The minimum atomic E-state index is -1.53. The maximum absolute atomic E-state index is 13.2. The summed E-state index contributed by atoms with van der Waals surface area (Å²) in [4.78, 5) is 13.2. The quantitative estimate of drug-likeness (QED) is 0.0682. The monoisotopic (exact) mass is 896 g/mol.